The Balaban J connectivity index is 1.37. The Morgan fingerprint density at radius 3 is 2.61 bits per heavy atom. The van der Waals surface area contributed by atoms with E-state index in [1.165, 1.54) is 71.5 Å². The summed E-state index contributed by atoms with van der Waals surface area (Å²) < 4.78 is 0. The lowest BCUT2D eigenvalue weighted by atomic mass is 9.81. The van der Waals surface area contributed by atoms with Crippen molar-refractivity contribution in [2.45, 2.75) is 38.6 Å². The molecule has 3 nitrogen and oxygen atoms in total. The maximum absolute atomic E-state index is 3.44. The summed E-state index contributed by atoms with van der Waals surface area (Å²) >= 11 is 0. The topological polar surface area (TPSA) is 18.5 Å². The van der Waals surface area contributed by atoms with Gasteiger partial charge in [-0.05, 0) is 24.7 Å². The van der Waals surface area contributed by atoms with E-state index in [2.05, 4.69) is 22.0 Å². The highest BCUT2D eigenvalue weighted by molar-refractivity contribution is 4.91. The average Bonchev–Trinajstić information content (AvgIpc) is 2.34. The second-order valence-corrected chi connectivity index (χ2v) is 6.80. The number of nitrogens with zero attached hydrogens (tertiary/aromatic N) is 2. The molecule has 3 aliphatic rings. The molecule has 0 bridgehead atoms. The molecule has 104 valence electrons. The van der Waals surface area contributed by atoms with Gasteiger partial charge in [0.25, 0.3) is 0 Å². The van der Waals surface area contributed by atoms with E-state index in [0.717, 1.165) is 17.9 Å². The van der Waals surface area contributed by atoms with E-state index in [0.29, 0.717) is 0 Å². The van der Waals surface area contributed by atoms with Gasteiger partial charge in [-0.15, -0.1) is 0 Å². The Bertz CT molecular complexity index is 256. The molecule has 18 heavy (non-hydrogen) atoms. The lowest BCUT2D eigenvalue weighted by Gasteiger charge is -2.48. The van der Waals surface area contributed by atoms with Gasteiger partial charge >= 0.3 is 0 Å². The van der Waals surface area contributed by atoms with E-state index >= 15 is 0 Å². The maximum atomic E-state index is 3.44. The second-order valence-electron chi connectivity index (χ2n) is 6.80. The van der Waals surface area contributed by atoms with E-state index in [-0.39, 0.29) is 0 Å². The molecule has 0 aromatic rings. The minimum Gasteiger partial charge on any atom is -0.314 e. The highest BCUT2D eigenvalue weighted by atomic mass is 15.3. The minimum atomic E-state index is 0.869. The summed E-state index contributed by atoms with van der Waals surface area (Å²) in [5, 5.41) is 3.44. The predicted molar refractivity (Wildman–Crippen MR) is 75.8 cm³/mol. The van der Waals surface area contributed by atoms with Gasteiger partial charge in [-0.3, -0.25) is 9.80 Å². The van der Waals surface area contributed by atoms with Crippen molar-refractivity contribution >= 4 is 0 Å². The zero-order valence-electron chi connectivity index (χ0n) is 11.9. The summed E-state index contributed by atoms with van der Waals surface area (Å²) in [6.45, 7) is 11.4. The number of hydrogen-bond donors (Lipinski definition) is 1. The van der Waals surface area contributed by atoms with Gasteiger partial charge in [-0.2, -0.15) is 0 Å². The summed E-state index contributed by atoms with van der Waals surface area (Å²) in [6.07, 6.45) is 5.91. The van der Waals surface area contributed by atoms with Crippen LogP contribution in [0.3, 0.4) is 0 Å². The van der Waals surface area contributed by atoms with Gasteiger partial charge < -0.3 is 5.32 Å². The fraction of sp³-hybridized carbons (Fsp3) is 1.00. The first-order valence-corrected chi connectivity index (χ1v) is 7.98. The third-order valence-electron chi connectivity index (χ3n) is 5.17. The van der Waals surface area contributed by atoms with Gasteiger partial charge in [0.2, 0.25) is 0 Å². The number of nitrogens with one attached hydrogen (secondary N) is 1. The van der Waals surface area contributed by atoms with E-state index in [4.69, 9.17) is 0 Å². The van der Waals surface area contributed by atoms with Crippen LogP contribution in [0.15, 0.2) is 0 Å². The molecule has 3 rings (SSSR count). The van der Waals surface area contributed by atoms with Crippen LogP contribution in [0.5, 0.6) is 0 Å². The number of likely N-dealkylation sites (tertiary alicyclic amines) is 1. The summed E-state index contributed by atoms with van der Waals surface area (Å²) in [6, 6.07) is 0.869. The quantitative estimate of drug-likeness (QED) is 0.818. The first-order chi connectivity index (χ1) is 8.81. The second kappa shape index (κ2) is 5.89. The third kappa shape index (κ3) is 3.06. The van der Waals surface area contributed by atoms with Crippen molar-refractivity contribution in [3.63, 3.8) is 0 Å². The molecule has 2 unspecified atom stereocenters. The highest BCUT2D eigenvalue weighted by Crippen LogP contribution is 2.30. The normalized spacial score (nSPS) is 36.5. The molecule has 1 aliphatic carbocycles. The van der Waals surface area contributed by atoms with Crippen LogP contribution in [-0.4, -0.2) is 61.7 Å². The molecule has 3 heteroatoms. The SMILES string of the molecule is CC1CCCC(CN2CC(N3CCNCC3)C2)C1. The van der Waals surface area contributed by atoms with Crippen LogP contribution in [0.1, 0.15) is 32.6 Å². The molecule has 2 saturated heterocycles. The van der Waals surface area contributed by atoms with Gasteiger partial charge in [0.1, 0.15) is 0 Å². The van der Waals surface area contributed by atoms with Crippen molar-refractivity contribution in [2.75, 3.05) is 45.8 Å². The number of rotatable bonds is 3. The van der Waals surface area contributed by atoms with Crippen LogP contribution in [-0.2, 0) is 0 Å². The van der Waals surface area contributed by atoms with Gasteiger partial charge in [0.05, 0.1) is 0 Å². The Hall–Kier alpha value is -0.120. The zero-order valence-corrected chi connectivity index (χ0v) is 11.9. The first kappa shape index (κ1) is 12.9. The van der Waals surface area contributed by atoms with Crippen molar-refractivity contribution < 1.29 is 0 Å². The van der Waals surface area contributed by atoms with Crippen molar-refractivity contribution in [2.24, 2.45) is 11.8 Å². The molecule has 0 spiro atoms. The molecule has 0 aromatic carbocycles. The summed E-state index contributed by atoms with van der Waals surface area (Å²) in [4.78, 5) is 5.39. The van der Waals surface area contributed by atoms with Crippen LogP contribution in [0.2, 0.25) is 0 Å². The van der Waals surface area contributed by atoms with Crippen LogP contribution < -0.4 is 5.32 Å². The summed E-state index contributed by atoms with van der Waals surface area (Å²) in [5.74, 6) is 1.98. The van der Waals surface area contributed by atoms with Crippen molar-refractivity contribution in [1.29, 1.82) is 0 Å². The zero-order chi connectivity index (χ0) is 12.4. The van der Waals surface area contributed by atoms with Crippen LogP contribution in [0.4, 0.5) is 0 Å². The van der Waals surface area contributed by atoms with Gasteiger partial charge in [-0.25, -0.2) is 0 Å². The van der Waals surface area contributed by atoms with Crippen LogP contribution in [0.25, 0.3) is 0 Å². The smallest absolute Gasteiger partial charge is 0.0351 e. The lowest BCUT2D eigenvalue weighted by Crippen LogP contribution is -2.63. The van der Waals surface area contributed by atoms with Crippen LogP contribution >= 0.6 is 0 Å². The van der Waals surface area contributed by atoms with Crippen LogP contribution in [0, 0.1) is 11.8 Å². The summed E-state index contributed by atoms with van der Waals surface area (Å²) in [5.41, 5.74) is 0. The summed E-state index contributed by atoms with van der Waals surface area (Å²) in [7, 11) is 0. The fourth-order valence-electron chi connectivity index (χ4n) is 4.06. The molecule has 1 N–H and O–H groups in total. The molecule has 1 saturated carbocycles. The van der Waals surface area contributed by atoms with E-state index in [1.54, 1.807) is 0 Å². The molecule has 3 fully saturated rings. The molecule has 0 amide bonds. The average molecular weight is 251 g/mol. The Kier molecular flexibility index (Phi) is 4.22. The molecular formula is C15H29N3. The van der Waals surface area contributed by atoms with Gasteiger partial charge in [0.15, 0.2) is 0 Å². The van der Waals surface area contributed by atoms with E-state index < -0.39 is 0 Å². The molecule has 2 aliphatic heterocycles. The van der Waals surface area contributed by atoms with E-state index in [9.17, 15) is 0 Å². The Labute approximate surface area is 112 Å². The minimum absolute atomic E-state index is 0.869. The Morgan fingerprint density at radius 2 is 1.89 bits per heavy atom. The van der Waals surface area contributed by atoms with Gasteiger partial charge in [-0.1, -0.05) is 19.8 Å². The molecule has 0 aromatic heterocycles. The Morgan fingerprint density at radius 1 is 1.11 bits per heavy atom. The predicted octanol–water partition coefficient (Wildman–Crippen LogP) is 1.40. The maximum Gasteiger partial charge on any atom is 0.0351 e. The molecule has 0 radical (unpaired) electrons. The first-order valence-electron chi connectivity index (χ1n) is 7.98. The monoisotopic (exact) mass is 251 g/mol. The third-order valence-corrected chi connectivity index (χ3v) is 5.17. The number of hydrogen-bond acceptors (Lipinski definition) is 3. The van der Waals surface area contributed by atoms with Crippen molar-refractivity contribution in [1.82, 2.24) is 15.1 Å². The molecule has 2 heterocycles. The largest absolute Gasteiger partial charge is 0.314 e. The highest BCUT2D eigenvalue weighted by Gasteiger charge is 2.33. The van der Waals surface area contributed by atoms with E-state index in [1.807, 2.05) is 0 Å². The van der Waals surface area contributed by atoms with Gasteiger partial charge in [0, 0.05) is 51.9 Å². The number of piperazine rings is 1. The molecule has 2 atom stereocenters. The molecular weight excluding hydrogens is 222 g/mol. The fourth-order valence-corrected chi connectivity index (χ4v) is 4.06. The standard InChI is InChI=1S/C15H29N3/c1-13-3-2-4-14(9-13)10-17-11-15(12-17)18-7-5-16-6-8-18/h13-16H,2-12H2,1H3. The van der Waals surface area contributed by atoms with Crippen molar-refractivity contribution in [3.05, 3.63) is 0 Å². The van der Waals surface area contributed by atoms with Crippen molar-refractivity contribution in [3.8, 4) is 0 Å². The lowest BCUT2D eigenvalue weighted by molar-refractivity contribution is 0.0124.